The van der Waals surface area contributed by atoms with Gasteiger partial charge in [0, 0.05) is 36.2 Å². The van der Waals surface area contributed by atoms with Gasteiger partial charge in [-0.1, -0.05) is 40.3 Å². The molecule has 0 amide bonds. The molecule has 6 rings (SSSR count). The molecular formula is C49H88O55S10. The van der Waals surface area contributed by atoms with E-state index in [4.69, 9.17) is 136 Å². The van der Waals surface area contributed by atoms with Gasteiger partial charge in [-0.25, -0.2) is 51.1 Å². The van der Waals surface area contributed by atoms with Crippen LogP contribution in [0.1, 0.15) is 48.5 Å². The zero-order valence-electron chi connectivity index (χ0n) is 59.8. The molecule has 65 heteroatoms. The van der Waals surface area contributed by atoms with Gasteiger partial charge >= 0.3 is 21.8 Å². The minimum Gasteiger partial charge on any atom is -0.388 e. The van der Waals surface area contributed by atoms with Crippen molar-refractivity contribution < 1.29 is 258 Å². The molecule has 0 aromatic heterocycles. The molecule has 6 saturated heterocycles. The second-order valence-corrected chi connectivity index (χ2v) is 29.8. The Hall–Kier alpha value is 0.820. The van der Waals surface area contributed by atoms with E-state index in [1.54, 1.807) is 13.8 Å². The third kappa shape index (κ3) is 33.6. The lowest BCUT2D eigenvalue weighted by molar-refractivity contribution is -0.436. The SMILES string of the molecule is CCOC[C@@H]1OC(C)[C@@H](OSOOO)[C@H](COC[C@@H]2OC(C)[C@H](OSOOO)[C@H](OSOOO)C2OSOOO)C1COC[C@@H]1OC(C)[C@@H](OOS(=O)O)[C@H](COC[C@@H]2OC(C)[C@@H](OSOOO)[C@H](COC[C@@H]3OC(C)[C@H](OSOOO)[C@H](O)C3OSOOO)C2OSOOO)C1COC[C@@H]1OC(C)[C@@H](O)[C@H](OS(=O)(=O)O)C1O. The average molecular weight is 1880 g/mol. The summed E-state index contributed by atoms with van der Waals surface area (Å²) in [6.07, 6.45) is -32.4. The lowest BCUT2D eigenvalue weighted by Gasteiger charge is -2.47. The Morgan fingerprint density at radius 3 is 1.07 bits per heavy atom. The number of hydrogen-bond donors (Lipinski definition) is 13. The summed E-state index contributed by atoms with van der Waals surface area (Å²) in [5.41, 5.74) is 0. The van der Waals surface area contributed by atoms with Gasteiger partial charge in [-0.2, -0.15) is 12.6 Å². The second-order valence-electron chi connectivity index (χ2n) is 24.4. The van der Waals surface area contributed by atoms with Crippen LogP contribution in [0.4, 0.5) is 0 Å². The van der Waals surface area contributed by atoms with Crippen LogP contribution in [0.5, 0.6) is 0 Å². The van der Waals surface area contributed by atoms with Crippen molar-refractivity contribution in [1.29, 1.82) is 0 Å². The molecule has 13 N–H and O–H groups in total. The average Bonchev–Trinajstić information content (AvgIpc) is 0.810. The van der Waals surface area contributed by atoms with Crippen LogP contribution < -0.4 is 0 Å². The van der Waals surface area contributed by atoms with E-state index in [1.165, 1.54) is 34.6 Å². The molecule has 0 spiro atoms. The summed E-state index contributed by atoms with van der Waals surface area (Å²) in [6, 6.07) is 0. The lowest BCUT2D eigenvalue weighted by Crippen LogP contribution is -2.60. The fraction of sp³-hybridized carbons (Fsp3) is 1.00. The first kappa shape index (κ1) is 104. The van der Waals surface area contributed by atoms with Crippen LogP contribution in [-0.2, 0) is 200 Å². The van der Waals surface area contributed by atoms with Gasteiger partial charge in [0.15, 0.2) is 98.6 Å². The van der Waals surface area contributed by atoms with Crippen LogP contribution in [0.25, 0.3) is 0 Å². The molecule has 31 atom stereocenters. The number of ether oxygens (including phenoxy) is 12. The Morgan fingerprint density at radius 2 is 0.623 bits per heavy atom. The number of aliphatic hydroxyl groups is 3. The van der Waals surface area contributed by atoms with Crippen LogP contribution in [0.2, 0.25) is 0 Å². The van der Waals surface area contributed by atoms with Gasteiger partial charge in [0.25, 0.3) is 0 Å². The van der Waals surface area contributed by atoms with Gasteiger partial charge in [0.1, 0.15) is 104 Å². The van der Waals surface area contributed by atoms with Crippen molar-refractivity contribution in [2.75, 3.05) is 79.3 Å². The van der Waals surface area contributed by atoms with E-state index in [2.05, 4.69) is 79.2 Å². The van der Waals surface area contributed by atoms with E-state index < -0.39 is 257 Å². The maximum atomic E-state index is 12.3. The molecule has 55 nitrogen and oxygen atoms in total. The summed E-state index contributed by atoms with van der Waals surface area (Å²) in [5.74, 6) is -5.05. The largest absolute Gasteiger partial charge is 0.397 e. The Morgan fingerprint density at radius 1 is 0.316 bits per heavy atom. The van der Waals surface area contributed by atoms with Crippen molar-refractivity contribution in [3.63, 3.8) is 0 Å². The van der Waals surface area contributed by atoms with Crippen molar-refractivity contribution in [2.24, 2.45) is 29.6 Å². The minimum absolute atomic E-state index is 0.0693. The van der Waals surface area contributed by atoms with E-state index in [9.17, 15) is 42.3 Å². The number of aliphatic hydroxyl groups excluding tert-OH is 3. The molecule has 6 heterocycles. The predicted molar refractivity (Wildman–Crippen MR) is 363 cm³/mol. The van der Waals surface area contributed by atoms with E-state index in [0.717, 1.165) is 0 Å². The topological polar surface area (TPSA) is 674 Å². The third-order valence-corrected chi connectivity index (χ3v) is 21.9. The standard InChI is InChI=1S/C49H88O55S10/c1-8-66-14-31-27(29(41(22(4)74-31)79-105-96-88-53)12-70-19-36-47(85-111-102-94-59)49(86-112-103-95-60)44(25(7)77-36)82-108-99-91-56)10-67-15-32-26(9-68-16-33-38(51)48(87-114(63,64)65)37(50)20(2)72-33)28(40(21(3)73-32)78-104-113(61)62)11-69-17-34-45(83-109-100-92-57)30(42(23(5)75-34)80-106-97-89-54)13-71-18-35-46(84-110-101-93-58)39(52)43(24(6)76-35)81-107-98-90-55/h20-60H,8-19H2,1-7H3,(H,61,62)(H,63,64,65)/t20?,21?,22?,23?,24?,25?,26?,27?,28-,29-,30+,31+,32+,33+,34+,35+,36+,37-,38?,39+,40-,41-,42-,43+,44+,45?,46?,47?,48+,49+/m1/s1. The van der Waals surface area contributed by atoms with E-state index in [1.807, 2.05) is 0 Å². The molecule has 0 aromatic carbocycles. The monoisotopic (exact) mass is 1880 g/mol. The van der Waals surface area contributed by atoms with Crippen molar-refractivity contribution in [3.05, 3.63) is 0 Å². The molecule has 0 aliphatic carbocycles. The van der Waals surface area contributed by atoms with E-state index >= 15 is 0 Å². The number of rotatable bonds is 60. The van der Waals surface area contributed by atoms with Gasteiger partial charge in [0.05, 0.1) is 122 Å². The van der Waals surface area contributed by atoms with Crippen LogP contribution in [-0.4, -0.2) is 311 Å². The van der Waals surface area contributed by atoms with Crippen molar-refractivity contribution in [3.8, 4) is 0 Å². The van der Waals surface area contributed by atoms with Crippen molar-refractivity contribution >= 4 is 120 Å². The van der Waals surface area contributed by atoms with Crippen LogP contribution in [0.3, 0.4) is 0 Å². The Labute approximate surface area is 684 Å². The van der Waals surface area contributed by atoms with Gasteiger partial charge < -0.3 is 72.2 Å². The number of hydrogen-bond acceptors (Lipinski definition) is 61. The van der Waals surface area contributed by atoms with Crippen molar-refractivity contribution in [2.45, 2.75) is 201 Å². The summed E-state index contributed by atoms with van der Waals surface area (Å²) in [6.45, 7) is 6.53. The fourth-order valence-corrected chi connectivity index (χ4v) is 17.1. The summed E-state index contributed by atoms with van der Waals surface area (Å²) in [4.78, 5) is 5.64. The first-order valence-corrected chi connectivity index (χ1v) is 40.6. The molecule has 0 aromatic rings. The Balaban J connectivity index is 1.34. The van der Waals surface area contributed by atoms with Gasteiger partial charge in [-0.15, -0.1) is 39.0 Å². The molecule has 114 heavy (non-hydrogen) atoms. The first-order valence-electron chi connectivity index (χ1n) is 32.9. The zero-order chi connectivity index (χ0) is 83.1. The fourth-order valence-electron chi connectivity index (χ4n) is 13.1. The summed E-state index contributed by atoms with van der Waals surface area (Å²) in [5, 5.41) is 135. The van der Waals surface area contributed by atoms with Crippen LogP contribution in [0.15, 0.2) is 0 Å². The molecule has 13 unspecified atom stereocenters. The molecule has 0 saturated carbocycles. The predicted octanol–water partition coefficient (Wildman–Crippen LogP) is 2.59. The zero-order valence-corrected chi connectivity index (χ0v) is 68.0. The minimum atomic E-state index is -5.29. The smallest absolute Gasteiger partial charge is 0.388 e. The molecule has 0 radical (unpaired) electrons. The van der Waals surface area contributed by atoms with E-state index in [-0.39, 0.29) is 125 Å². The molecule has 0 bridgehead atoms. The van der Waals surface area contributed by atoms with E-state index in [0.29, 0.717) is 0 Å². The first-order chi connectivity index (χ1) is 54.9. The van der Waals surface area contributed by atoms with Gasteiger partial charge in [-0.05, 0) is 48.5 Å². The molecule has 674 valence electrons. The highest BCUT2D eigenvalue weighted by atomic mass is 32.3. The Bertz CT molecular complexity index is 2640. The maximum Gasteiger partial charge on any atom is 0.397 e. The maximum absolute atomic E-state index is 12.3. The summed E-state index contributed by atoms with van der Waals surface area (Å²) in [7, 11) is -5.29. The van der Waals surface area contributed by atoms with Crippen LogP contribution in [0, 0.1) is 29.6 Å². The normalized spacial score (nSPS) is 36.7. The molecular weight excluding hydrogens is 1790 g/mol. The van der Waals surface area contributed by atoms with Crippen molar-refractivity contribution in [1.82, 2.24) is 0 Å². The molecule has 6 fully saturated rings. The molecule has 6 aliphatic rings. The third-order valence-electron chi connectivity index (χ3n) is 17.9. The van der Waals surface area contributed by atoms with Crippen LogP contribution >= 0.6 is 98.6 Å². The highest BCUT2D eigenvalue weighted by Gasteiger charge is 2.55. The van der Waals surface area contributed by atoms with Gasteiger partial charge in [0.2, 0.25) is 0 Å². The van der Waals surface area contributed by atoms with Gasteiger partial charge in [-0.3, -0.25) is 42.6 Å². The molecule has 6 aliphatic heterocycles. The highest BCUT2D eigenvalue weighted by Crippen LogP contribution is 2.43. The lowest BCUT2D eigenvalue weighted by atomic mass is 9.79. The second kappa shape index (κ2) is 57.4. The highest BCUT2D eigenvalue weighted by molar-refractivity contribution is 7.91. The Kier molecular flexibility index (Phi) is 52.2. The quantitative estimate of drug-likeness (QED) is 0.0104. The summed E-state index contributed by atoms with van der Waals surface area (Å²) < 4.78 is 222. The summed E-state index contributed by atoms with van der Waals surface area (Å²) >= 11 is -2.11.